The number of benzene rings is 4. The largest absolute Gasteiger partial charge is 0.493 e. The van der Waals surface area contributed by atoms with Gasteiger partial charge in [-0.05, 0) is 60.2 Å². The van der Waals surface area contributed by atoms with Crippen molar-refractivity contribution >= 4 is 63.8 Å². The second-order valence-corrected chi connectivity index (χ2v) is 9.77. The minimum Gasteiger partial charge on any atom is -0.493 e. The van der Waals surface area contributed by atoms with Crippen molar-refractivity contribution in [1.29, 1.82) is 0 Å². The Labute approximate surface area is 244 Å². The van der Waals surface area contributed by atoms with Gasteiger partial charge in [-0.2, -0.15) is 5.10 Å². The van der Waals surface area contributed by atoms with Gasteiger partial charge in [0.05, 0.1) is 23.9 Å². The van der Waals surface area contributed by atoms with E-state index in [1.165, 1.54) is 13.3 Å². The average Bonchev–Trinajstić information content (AvgIpc) is 3.32. The van der Waals surface area contributed by atoms with E-state index >= 15 is 0 Å². The maximum atomic E-state index is 13.2. The van der Waals surface area contributed by atoms with Crippen LogP contribution in [0.1, 0.15) is 26.4 Å². The highest BCUT2D eigenvalue weighted by molar-refractivity contribution is 6.35. The summed E-state index contributed by atoms with van der Waals surface area (Å²) in [4.78, 5) is 28.9. The molecule has 0 unspecified atom stereocenters. The van der Waals surface area contributed by atoms with Gasteiger partial charge >= 0.3 is 5.97 Å². The van der Waals surface area contributed by atoms with Crippen LogP contribution in [-0.2, 0) is 0 Å². The molecule has 200 valence electrons. The Bertz CT molecular complexity index is 1780. The maximum absolute atomic E-state index is 13.2. The number of halogens is 3. The fourth-order valence-electron chi connectivity index (χ4n) is 4.13. The van der Waals surface area contributed by atoms with Crippen molar-refractivity contribution in [2.45, 2.75) is 0 Å². The Hall–Kier alpha value is -4.30. The molecule has 0 bridgehead atoms. The van der Waals surface area contributed by atoms with Crippen molar-refractivity contribution in [3.8, 4) is 22.6 Å². The Kier molecular flexibility index (Phi) is 8.07. The first-order chi connectivity index (χ1) is 19.4. The first-order valence-electron chi connectivity index (χ1n) is 11.9. The average molecular weight is 593 g/mol. The Morgan fingerprint density at radius 1 is 0.875 bits per heavy atom. The summed E-state index contributed by atoms with van der Waals surface area (Å²) in [6.45, 7) is 0. The molecule has 7 nitrogen and oxygen atoms in total. The van der Waals surface area contributed by atoms with E-state index in [1.807, 2.05) is 18.2 Å². The molecule has 40 heavy (non-hydrogen) atoms. The number of esters is 1. The van der Waals surface area contributed by atoms with Gasteiger partial charge in [0.1, 0.15) is 5.69 Å². The molecule has 2 N–H and O–H groups in total. The second kappa shape index (κ2) is 11.8. The number of amides is 1. The minimum absolute atomic E-state index is 0.203. The lowest BCUT2D eigenvalue weighted by atomic mass is 10.0. The highest BCUT2D eigenvalue weighted by Gasteiger charge is 2.21. The number of H-pyrrole nitrogens is 1. The van der Waals surface area contributed by atoms with Gasteiger partial charge in [0.15, 0.2) is 11.5 Å². The molecule has 1 heterocycles. The van der Waals surface area contributed by atoms with Crippen LogP contribution < -0.4 is 14.9 Å². The van der Waals surface area contributed by atoms with Crippen LogP contribution in [0, 0.1) is 0 Å². The molecule has 0 aliphatic rings. The summed E-state index contributed by atoms with van der Waals surface area (Å²) in [5.41, 5.74) is 5.66. The zero-order valence-electron chi connectivity index (χ0n) is 20.9. The lowest BCUT2D eigenvalue weighted by molar-refractivity contribution is 0.0729. The van der Waals surface area contributed by atoms with Gasteiger partial charge < -0.3 is 14.5 Å². The molecule has 10 heteroatoms. The maximum Gasteiger partial charge on any atom is 0.345 e. The predicted octanol–water partition coefficient (Wildman–Crippen LogP) is 7.79. The van der Waals surface area contributed by atoms with Gasteiger partial charge in [0, 0.05) is 32.1 Å². The first-order valence-corrected chi connectivity index (χ1v) is 13.0. The third-order valence-corrected chi connectivity index (χ3v) is 6.89. The minimum atomic E-state index is -0.619. The predicted molar refractivity (Wildman–Crippen MR) is 158 cm³/mol. The molecule has 1 aromatic heterocycles. The summed E-state index contributed by atoms with van der Waals surface area (Å²) >= 11 is 18.8. The van der Waals surface area contributed by atoms with Crippen LogP contribution in [-0.4, -0.2) is 30.2 Å². The zero-order valence-corrected chi connectivity index (χ0v) is 23.1. The van der Waals surface area contributed by atoms with Crippen LogP contribution in [0.5, 0.6) is 11.5 Å². The van der Waals surface area contributed by atoms with Crippen LogP contribution >= 0.6 is 34.8 Å². The van der Waals surface area contributed by atoms with Gasteiger partial charge in [-0.3, -0.25) is 4.79 Å². The number of hydrogen-bond donors (Lipinski definition) is 2. The normalized spacial score (nSPS) is 11.1. The van der Waals surface area contributed by atoms with Crippen LogP contribution in [0.3, 0.4) is 0 Å². The molecule has 5 aromatic rings. The fourth-order valence-corrected chi connectivity index (χ4v) is 4.75. The molecule has 0 saturated heterocycles. The fraction of sp³-hybridized carbons (Fsp3) is 0.0333. The van der Waals surface area contributed by atoms with Crippen LogP contribution in [0.4, 0.5) is 0 Å². The second-order valence-electron chi connectivity index (χ2n) is 8.52. The van der Waals surface area contributed by atoms with Crippen molar-refractivity contribution < 1.29 is 19.1 Å². The third kappa shape index (κ3) is 5.67. The summed E-state index contributed by atoms with van der Waals surface area (Å²) in [5, 5.41) is 6.15. The highest BCUT2D eigenvalue weighted by Crippen LogP contribution is 2.37. The summed E-state index contributed by atoms with van der Waals surface area (Å²) in [6.07, 6.45) is 1.44. The van der Waals surface area contributed by atoms with Gasteiger partial charge in [-0.1, -0.05) is 65.1 Å². The molecular formula is C30H20Cl3N3O4. The summed E-state index contributed by atoms with van der Waals surface area (Å²) in [7, 11) is 1.45. The quantitative estimate of drug-likeness (QED) is 0.0873. The van der Waals surface area contributed by atoms with Gasteiger partial charge in [-0.15, -0.1) is 0 Å². The Morgan fingerprint density at radius 2 is 1.62 bits per heavy atom. The van der Waals surface area contributed by atoms with E-state index in [2.05, 4.69) is 15.5 Å². The van der Waals surface area contributed by atoms with Crippen molar-refractivity contribution in [2.24, 2.45) is 5.10 Å². The van der Waals surface area contributed by atoms with E-state index in [4.69, 9.17) is 44.3 Å². The number of nitrogens with one attached hydrogen (secondary N) is 2. The molecule has 0 atom stereocenters. The summed E-state index contributed by atoms with van der Waals surface area (Å²) < 4.78 is 10.9. The third-order valence-electron chi connectivity index (χ3n) is 5.99. The summed E-state index contributed by atoms with van der Waals surface area (Å²) in [5.74, 6) is -0.596. The molecule has 0 radical (unpaired) electrons. The van der Waals surface area contributed by atoms with Gasteiger partial charge in [-0.25, -0.2) is 10.2 Å². The number of aromatic amines is 1. The number of hydrazone groups is 1. The number of carbonyl (C=O) groups is 2. The van der Waals surface area contributed by atoms with Crippen molar-refractivity contribution in [3.63, 3.8) is 0 Å². The number of hydrogen-bond acceptors (Lipinski definition) is 5. The van der Waals surface area contributed by atoms with E-state index < -0.39 is 11.9 Å². The van der Waals surface area contributed by atoms with E-state index in [0.29, 0.717) is 32.5 Å². The SMILES string of the molecule is COc1cc(C=NNC(=O)c2[nH]c3ccc(Cl)cc3c2-c2ccccc2Cl)ccc1OC(=O)c1ccccc1Cl. The van der Waals surface area contributed by atoms with Crippen molar-refractivity contribution in [2.75, 3.05) is 7.11 Å². The van der Waals surface area contributed by atoms with Crippen LogP contribution in [0.2, 0.25) is 15.1 Å². The smallest absolute Gasteiger partial charge is 0.345 e. The molecule has 1 amide bonds. The molecule has 0 aliphatic carbocycles. The number of ether oxygens (including phenoxy) is 2. The topological polar surface area (TPSA) is 92.8 Å². The lowest BCUT2D eigenvalue weighted by Crippen LogP contribution is -2.19. The molecular weight excluding hydrogens is 573 g/mol. The molecule has 0 fully saturated rings. The van der Waals surface area contributed by atoms with Crippen molar-refractivity contribution in [3.05, 3.63) is 117 Å². The first kappa shape index (κ1) is 27.3. The van der Waals surface area contributed by atoms with E-state index in [-0.39, 0.29) is 22.0 Å². The molecule has 4 aromatic carbocycles. The van der Waals surface area contributed by atoms with E-state index in [9.17, 15) is 9.59 Å². The van der Waals surface area contributed by atoms with Gasteiger partial charge in [0.25, 0.3) is 5.91 Å². The monoisotopic (exact) mass is 591 g/mol. The highest BCUT2D eigenvalue weighted by atomic mass is 35.5. The zero-order chi connectivity index (χ0) is 28.2. The number of methoxy groups -OCH3 is 1. The Morgan fingerprint density at radius 3 is 2.38 bits per heavy atom. The molecule has 5 rings (SSSR count). The Balaban J connectivity index is 1.37. The molecule has 0 spiro atoms. The number of rotatable bonds is 7. The standard InChI is InChI=1S/C30H20Cl3N3O4/c1-39-26-14-17(10-13-25(26)40-30(38)20-7-3-5-9-23(20)33)16-34-36-29(37)28-27(19-6-2-4-8-22(19)32)21-15-18(31)11-12-24(21)35-28/h2-16,35H,1H3,(H,36,37). The number of carbonyl (C=O) groups excluding carboxylic acids is 2. The number of nitrogens with zero attached hydrogens (tertiary/aromatic N) is 1. The van der Waals surface area contributed by atoms with Gasteiger partial charge in [0.2, 0.25) is 0 Å². The number of aromatic nitrogens is 1. The lowest BCUT2D eigenvalue weighted by Gasteiger charge is -2.10. The summed E-state index contributed by atoms with van der Waals surface area (Å²) in [6, 6.07) is 24.0. The van der Waals surface area contributed by atoms with Crippen LogP contribution in [0.25, 0.3) is 22.0 Å². The van der Waals surface area contributed by atoms with Crippen molar-refractivity contribution in [1.82, 2.24) is 10.4 Å². The van der Waals surface area contributed by atoms with Crippen LogP contribution in [0.15, 0.2) is 90.0 Å². The molecule has 0 saturated carbocycles. The van der Waals surface area contributed by atoms with E-state index in [0.717, 1.165) is 10.9 Å². The molecule has 0 aliphatic heterocycles. The number of fused-ring (bicyclic) bond motifs is 1. The van der Waals surface area contributed by atoms with E-state index in [1.54, 1.807) is 66.7 Å².